The van der Waals surface area contributed by atoms with E-state index in [9.17, 15) is 14.4 Å². The number of carbonyl (C=O) groups excluding carboxylic acids is 3. The SMILES string of the molecule is CCC(C)N(C(=O)C(NC(=O)OC(C)(C)C)C(C)C)C(C(=O)NC1CCCCC1)c1cccc(C)c1C. The molecule has 37 heavy (non-hydrogen) atoms. The molecule has 208 valence electrons. The van der Waals surface area contributed by atoms with Gasteiger partial charge in [-0.15, -0.1) is 0 Å². The summed E-state index contributed by atoms with van der Waals surface area (Å²) in [4.78, 5) is 42.7. The Balaban J connectivity index is 2.54. The zero-order chi connectivity index (χ0) is 27.9. The molecular formula is C30H49N3O4. The Labute approximate surface area is 224 Å². The van der Waals surface area contributed by atoms with Crippen LogP contribution in [0.3, 0.4) is 0 Å². The van der Waals surface area contributed by atoms with Gasteiger partial charge in [-0.2, -0.15) is 0 Å². The minimum atomic E-state index is -0.834. The third-order valence-electron chi connectivity index (χ3n) is 7.34. The summed E-state index contributed by atoms with van der Waals surface area (Å²) in [7, 11) is 0. The summed E-state index contributed by atoms with van der Waals surface area (Å²) in [5, 5.41) is 6.07. The van der Waals surface area contributed by atoms with Crippen LogP contribution in [-0.4, -0.2) is 46.5 Å². The zero-order valence-corrected chi connectivity index (χ0v) is 24.4. The number of ether oxygens (including phenoxy) is 1. The first-order chi connectivity index (χ1) is 17.3. The van der Waals surface area contributed by atoms with E-state index in [0.717, 1.165) is 42.4 Å². The lowest BCUT2D eigenvalue weighted by atomic mass is 9.91. The van der Waals surface area contributed by atoms with Crippen molar-refractivity contribution in [1.82, 2.24) is 15.5 Å². The zero-order valence-electron chi connectivity index (χ0n) is 24.4. The smallest absolute Gasteiger partial charge is 0.408 e. The van der Waals surface area contributed by atoms with Crippen LogP contribution in [0.5, 0.6) is 0 Å². The number of amides is 3. The largest absolute Gasteiger partial charge is 0.444 e. The lowest BCUT2D eigenvalue weighted by molar-refractivity contribution is -0.146. The monoisotopic (exact) mass is 515 g/mol. The number of carbonyl (C=O) groups is 3. The molecule has 2 N–H and O–H groups in total. The molecule has 1 aromatic carbocycles. The van der Waals surface area contributed by atoms with Crippen LogP contribution >= 0.6 is 0 Å². The summed E-state index contributed by atoms with van der Waals surface area (Å²) in [6, 6.07) is 4.16. The van der Waals surface area contributed by atoms with Gasteiger partial charge in [0.2, 0.25) is 11.8 Å². The van der Waals surface area contributed by atoms with Gasteiger partial charge in [-0.25, -0.2) is 4.79 Å². The molecule has 3 atom stereocenters. The normalized spacial score (nSPS) is 17.0. The second-order valence-corrected chi connectivity index (χ2v) is 11.9. The highest BCUT2D eigenvalue weighted by Gasteiger charge is 2.40. The van der Waals surface area contributed by atoms with E-state index in [-0.39, 0.29) is 29.8 Å². The molecule has 1 aliphatic rings. The van der Waals surface area contributed by atoms with Gasteiger partial charge in [-0.1, -0.05) is 58.2 Å². The van der Waals surface area contributed by atoms with Crippen LogP contribution in [0.4, 0.5) is 4.79 Å². The van der Waals surface area contributed by atoms with Crippen molar-refractivity contribution in [2.45, 2.75) is 131 Å². The maximum Gasteiger partial charge on any atom is 0.408 e. The Bertz CT molecular complexity index is 931. The van der Waals surface area contributed by atoms with Gasteiger partial charge >= 0.3 is 6.09 Å². The standard InChI is InChI=1S/C30H49N3O4/c1-10-21(5)33(28(35)25(19(2)3)32-29(36)37-30(7,8)9)26(24-18-14-15-20(4)22(24)6)27(34)31-23-16-12-11-13-17-23/h14-15,18-19,21,23,25-26H,10-13,16-17H2,1-9H3,(H,31,34)(H,32,36). The van der Waals surface area contributed by atoms with Gasteiger partial charge in [0.05, 0.1) is 0 Å². The maximum atomic E-state index is 14.3. The van der Waals surface area contributed by atoms with Crippen molar-refractivity contribution >= 4 is 17.9 Å². The van der Waals surface area contributed by atoms with E-state index in [1.165, 1.54) is 6.42 Å². The topological polar surface area (TPSA) is 87.7 Å². The summed E-state index contributed by atoms with van der Waals surface area (Å²) in [5.41, 5.74) is 2.19. The predicted octanol–water partition coefficient (Wildman–Crippen LogP) is 5.97. The molecule has 7 heteroatoms. The number of hydrogen-bond acceptors (Lipinski definition) is 4. The van der Waals surface area contributed by atoms with Crippen LogP contribution in [-0.2, 0) is 14.3 Å². The molecule has 0 radical (unpaired) electrons. The summed E-state index contributed by atoms with van der Waals surface area (Å²) in [6.45, 7) is 17.1. The van der Waals surface area contributed by atoms with Crippen LogP contribution in [0.15, 0.2) is 18.2 Å². The first-order valence-corrected chi connectivity index (χ1v) is 13.9. The summed E-state index contributed by atoms with van der Waals surface area (Å²) in [6.07, 6.45) is 5.33. The number of aryl methyl sites for hydroxylation is 1. The van der Waals surface area contributed by atoms with Gasteiger partial charge in [0, 0.05) is 12.1 Å². The molecule has 1 aliphatic carbocycles. The summed E-state index contributed by atoms with van der Waals surface area (Å²) in [5.74, 6) is -0.638. The molecule has 3 unspecified atom stereocenters. The molecule has 0 aliphatic heterocycles. The maximum absolute atomic E-state index is 14.3. The Morgan fingerprint density at radius 1 is 1.05 bits per heavy atom. The van der Waals surface area contributed by atoms with E-state index >= 15 is 0 Å². The van der Waals surface area contributed by atoms with Gasteiger partial charge < -0.3 is 20.3 Å². The van der Waals surface area contributed by atoms with E-state index in [1.807, 2.05) is 59.7 Å². The highest BCUT2D eigenvalue weighted by Crippen LogP contribution is 2.31. The van der Waals surface area contributed by atoms with Gasteiger partial charge in [0.1, 0.15) is 17.7 Å². The van der Waals surface area contributed by atoms with E-state index in [4.69, 9.17) is 4.74 Å². The average Bonchev–Trinajstić information content (AvgIpc) is 2.81. The Kier molecular flexibility index (Phi) is 11.0. The van der Waals surface area contributed by atoms with Gasteiger partial charge in [-0.05, 0) is 83.4 Å². The van der Waals surface area contributed by atoms with E-state index < -0.39 is 23.8 Å². The molecule has 0 aromatic heterocycles. The highest BCUT2D eigenvalue weighted by molar-refractivity contribution is 5.93. The van der Waals surface area contributed by atoms with E-state index in [0.29, 0.717) is 6.42 Å². The molecule has 0 bridgehead atoms. The van der Waals surface area contributed by atoms with Crippen LogP contribution in [0.25, 0.3) is 0 Å². The molecule has 1 saturated carbocycles. The van der Waals surface area contributed by atoms with Crippen LogP contribution in [0.2, 0.25) is 0 Å². The van der Waals surface area contributed by atoms with Crippen molar-refractivity contribution in [1.29, 1.82) is 0 Å². The highest BCUT2D eigenvalue weighted by atomic mass is 16.6. The van der Waals surface area contributed by atoms with Gasteiger partial charge in [0.25, 0.3) is 0 Å². The van der Waals surface area contributed by atoms with Crippen molar-refractivity contribution in [3.05, 3.63) is 34.9 Å². The average molecular weight is 516 g/mol. The summed E-state index contributed by atoms with van der Waals surface area (Å²) >= 11 is 0. The first kappa shape index (κ1) is 30.7. The third kappa shape index (κ3) is 8.47. The Hall–Kier alpha value is -2.57. The van der Waals surface area contributed by atoms with Crippen molar-refractivity contribution < 1.29 is 19.1 Å². The molecule has 7 nitrogen and oxygen atoms in total. The first-order valence-electron chi connectivity index (χ1n) is 13.9. The Morgan fingerprint density at radius 2 is 1.68 bits per heavy atom. The van der Waals surface area contributed by atoms with Gasteiger partial charge in [-0.3, -0.25) is 9.59 Å². The van der Waals surface area contributed by atoms with Crippen LogP contribution < -0.4 is 10.6 Å². The van der Waals surface area contributed by atoms with Crippen LogP contribution in [0.1, 0.15) is 110 Å². The quantitative estimate of drug-likeness (QED) is 0.424. The number of nitrogens with zero attached hydrogens (tertiary/aromatic N) is 1. The predicted molar refractivity (Wildman–Crippen MR) is 148 cm³/mol. The molecule has 1 fully saturated rings. The lowest BCUT2D eigenvalue weighted by Crippen LogP contribution is -2.57. The van der Waals surface area contributed by atoms with Crippen molar-refractivity contribution in [3.8, 4) is 0 Å². The van der Waals surface area contributed by atoms with Crippen molar-refractivity contribution in [2.24, 2.45) is 5.92 Å². The number of benzene rings is 1. The van der Waals surface area contributed by atoms with Crippen molar-refractivity contribution in [3.63, 3.8) is 0 Å². The molecule has 3 amide bonds. The fourth-order valence-corrected chi connectivity index (χ4v) is 4.92. The second-order valence-electron chi connectivity index (χ2n) is 11.9. The molecule has 0 saturated heterocycles. The molecule has 2 rings (SSSR count). The van der Waals surface area contributed by atoms with E-state index in [1.54, 1.807) is 25.7 Å². The minimum Gasteiger partial charge on any atom is -0.444 e. The molecule has 0 spiro atoms. The number of hydrogen-bond donors (Lipinski definition) is 2. The van der Waals surface area contributed by atoms with Gasteiger partial charge in [0.15, 0.2) is 0 Å². The fraction of sp³-hybridized carbons (Fsp3) is 0.700. The lowest BCUT2D eigenvalue weighted by Gasteiger charge is -2.40. The second kappa shape index (κ2) is 13.3. The van der Waals surface area contributed by atoms with E-state index in [2.05, 4.69) is 10.6 Å². The Morgan fingerprint density at radius 3 is 2.22 bits per heavy atom. The number of alkyl carbamates (subject to hydrolysis) is 1. The number of nitrogens with one attached hydrogen (secondary N) is 2. The minimum absolute atomic E-state index is 0.114. The third-order valence-corrected chi connectivity index (χ3v) is 7.34. The molecular weight excluding hydrogens is 466 g/mol. The van der Waals surface area contributed by atoms with Crippen LogP contribution in [0, 0.1) is 19.8 Å². The fourth-order valence-electron chi connectivity index (χ4n) is 4.92. The summed E-state index contributed by atoms with van der Waals surface area (Å²) < 4.78 is 5.46. The van der Waals surface area contributed by atoms with Crippen molar-refractivity contribution in [2.75, 3.05) is 0 Å². The molecule has 1 aromatic rings. The number of rotatable bonds is 9. The molecule has 0 heterocycles.